The number of halogens is 1. The fraction of sp³-hybridized carbons (Fsp3) is 0.364. The number of carbonyl (C=O) groups is 1. The van der Waals surface area contributed by atoms with Crippen LogP contribution in [0.2, 0.25) is 0 Å². The SMILES string of the molecule is Cc1ccc(F)c(NC(=O)[C@@H]2CCCN(c3cnc4nc(C)c(C)nc4c3)C2)c1. The molecule has 1 aromatic carbocycles. The molecule has 0 spiro atoms. The van der Waals surface area contributed by atoms with Crippen molar-refractivity contribution < 1.29 is 9.18 Å². The van der Waals surface area contributed by atoms with Crippen molar-refractivity contribution in [3.63, 3.8) is 0 Å². The summed E-state index contributed by atoms with van der Waals surface area (Å²) in [5, 5.41) is 2.76. The third-order valence-corrected chi connectivity index (χ3v) is 5.46. The Morgan fingerprint density at radius 3 is 2.79 bits per heavy atom. The zero-order valence-electron chi connectivity index (χ0n) is 16.9. The number of carbonyl (C=O) groups excluding carboxylic acids is 1. The van der Waals surface area contributed by atoms with E-state index in [0.717, 1.165) is 47.5 Å². The number of nitrogens with zero attached hydrogens (tertiary/aromatic N) is 4. The molecule has 1 aliphatic rings. The average Bonchev–Trinajstić information content (AvgIpc) is 2.71. The molecule has 0 radical (unpaired) electrons. The molecule has 1 N–H and O–H groups in total. The van der Waals surface area contributed by atoms with Crippen LogP contribution in [0.5, 0.6) is 0 Å². The summed E-state index contributed by atoms with van der Waals surface area (Å²) in [5.41, 5.74) is 5.19. The summed E-state index contributed by atoms with van der Waals surface area (Å²) in [4.78, 5) is 28.4. The van der Waals surface area contributed by atoms with Gasteiger partial charge in [-0.05, 0) is 57.4 Å². The van der Waals surface area contributed by atoms with E-state index in [4.69, 9.17) is 0 Å². The molecule has 2 aromatic heterocycles. The number of anilines is 2. The van der Waals surface area contributed by atoms with E-state index in [2.05, 4.69) is 25.2 Å². The number of fused-ring (bicyclic) bond motifs is 1. The van der Waals surface area contributed by atoms with Crippen LogP contribution in [0.3, 0.4) is 0 Å². The third-order valence-electron chi connectivity index (χ3n) is 5.46. The first-order valence-electron chi connectivity index (χ1n) is 9.83. The molecule has 1 atom stereocenters. The lowest BCUT2D eigenvalue weighted by Gasteiger charge is -2.33. The van der Waals surface area contributed by atoms with Crippen LogP contribution in [0.1, 0.15) is 29.8 Å². The molecule has 0 aliphatic carbocycles. The van der Waals surface area contributed by atoms with Gasteiger partial charge < -0.3 is 10.2 Å². The number of aryl methyl sites for hydroxylation is 3. The number of rotatable bonds is 3. The lowest BCUT2D eigenvalue weighted by molar-refractivity contribution is -0.120. The van der Waals surface area contributed by atoms with Gasteiger partial charge in [0.15, 0.2) is 5.65 Å². The van der Waals surface area contributed by atoms with E-state index in [9.17, 15) is 9.18 Å². The summed E-state index contributed by atoms with van der Waals surface area (Å²) >= 11 is 0. The molecule has 7 heteroatoms. The summed E-state index contributed by atoms with van der Waals surface area (Å²) in [6.45, 7) is 7.12. The predicted molar refractivity (Wildman–Crippen MR) is 112 cm³/mol. The van der Waals surface area contributed by atoms with Crippen LogP contribution in [0, 0.1) is 32.5 Å². The summed E-state index contributed by atoms with van der Waals surface area (Å²) in [7, 11) is 0. The van der Waals surface area contributed by atoms with E-state index in [1.165, 1.54) is 6.07 Å². The molecule has 1 saturated heterocycles. The van der Waals surface area contributed by atoms with Gasteiger partial charge in [0.25, 0.3) is 0 Å². The van der Waals surface area contributed by atoms with Crippen LogP contribution in [-0.4, -0.2) is 33.9 Å². The average molecular weight is 393 g/mol. The Kier molecular flexibility index (Phi) is 5.13. The second-order valence-electron chi connectivity index (χ2n) is 7.69. The van der Waals surface area contributed by atoms with Gasteiger partial charge in [-0.15, -0.1) is 0 Å². The van der Waals surface area contributed by atoms with E-state index in [-0.39, 0.29) is 17.5 Å². The Balaban J connectivity index is 1.52. The number of aromatic nitrogens is 3. The highest BCUT2D eigenvalue weighted by molar-refractivity contribution is 5.93. The number of benzene rings is 1. The Bertz CT molecular complexity index is 1080. The second-order valence-corrected chi connectivity index (χ2v) is 7.69. The van der Waals surface area contributed by atoms with Crippen molar-refractivity contribution in [3.8, 4) is 0 Å². The van der Waals surface area contributed by atoms with Crippen LogP contribution >= 0.6 is 0 Å². The molecule has 3 heterocycles. The number of nitrogens with one attached hydrogen (secondary N) is 1. The molecule has 0 saturated carbocycles. The smallest absolute Gasteiger partial charge is 0.229 e. The molecule has 29 heavy (non-hydrogen) atoms. The molecule has 1 amide bonds. The molecule has 150 valence electrons. The lowest BCUT2D eigenvalue weighted by atomic mass is 9.96. The van der Waals surface area contributed by atoms with Gasteiger partial charge in [0.05, 0.1) is 34.9 Å². The fourth-order valence-corrected chi connectivity index (χ4v) is 3.67. The quantitative estimate of drug-likeness (QED) is 0.730. The van der Waals surface area contributed by atoms with Crippen molar-refractivity contribution in [3.05, 3.63) is 53.2 Å². The van der Waals surface area contributed by atoms with Gasteiger partial charge in [-0.2, -0.15) is 0 Å². The van der Waals surface area contributed by atoms with E-state index in [1.54, 1.807) is 18.3 Å². The highest BCUT2D eigenvalue weighted by atomic mass is 19.1. The Morgan fingerprint density at radius 1 is 1.17 bits per heavy atom. The summed E-state index contributed by atoms with van der Waals surface area (Å²) in [6, 6.07) is 6.70. The predicted octanol–water partition coefficient (Wildman–Crippen LogP) is 3.94. The van der Waals surface area contributed by atoms with Gasteiger partial charge in [0.1, 0.15) is 11.3 Å². The van der Waals surface area contributed by atoms with Crippen molar-refractivity contribution in [2.75, 3.05) is 23.3 Å². The first-order valence-corrected chi connectivity index (χ1v) is 9.83. The Hall–Kier alpha value is -3.09. The van der Waals surface area contributed by atoms with Gasteiger partial charge >= 0.3 is 0 Å². The highest BCUT2D eigenvalue weighted by Crippen LogP contribution is 2.26. The maximum atomic E-state index is 14.0. The van der Waals surface area contributed by atoms with Crippen molar-refractivity contribution in [1.29, 1.82) is 0 Å². The summed E-state index contributed by atoms with van der Waals surface area (Å²) in [5.74, 6) is -0.788. The van der Waals surface area contributed by atoms with Crippen molar-refractivity contribution in [2.45, 2.75) is 33.6 Å². The molecular formula is C22H24FN5O. The van der Waals surface area contributed by atoms with Crippen LogP contribution in [0.4, 0.5) is 15.8 Å². The maximum Gasteiger partial charge on any atom is 0.229 e. The standard InChI is InChI=1S/C22H24FN5O/c1-13-6-7-18(23)19(9-13)27-22(29)16-5-4-8-28(12-16)17-10-20-21(24-11-17)26-15(3)14(2)25-20/h6-7,9-11,16H,4-5,8,12H2,1-3H3,(H,27,29)/t16-/m1/s1. The van der Waals surface area contributed by atoms with Crippen LogP contribution in [0.15, 0.2) is 30.5 Å². The summed E-state index contributed by atoms with van der Waals surface area (Å²) < 4.78 is 14.0. The zero-order chi connectivity index (χ0) is 20.5. The number of piperidine rings is 1. The third kappa shape index (κ3) is 4.04. The minimum atomic E-state index is -0.417. The molecule has 6 nitrogen and oxygen atoms in total. The molecule has 1 fully saturated rings. The first kappa shape index (κ1) is 19.2. The molecule has 3 aromatic rings. The van der Waals surface area contributed by atoms with Crippen molar-refractivity contribution >= 4 is 28.4 Å². The molecule has 4 rings (SSSR count). The second kappa shape index (κ2) is 7.73. The molecule has 0 bridgehead atoms. The largest absolute Gasteiger partial charge is 0.369 e. The van der Waals surface area contributed by atoms with Crippen molar-refractivity contribution in [2.24, 2.45) is 5.92 Å². The zero-order valence-corrected chi connectivity index (χ0v) is 16.9. The van der Waals surface area contributed by atoms with Crippen LogP contribution in [-0.2, 0) is 4.79 Å². The highest BCUT2D eigenvalue weighted by Gasteiger charge is 2.27. The first-order chi connectivity index (χ1) is 13.9. The monoisotopic (exact) mass is 393 g/mol. The maximum absolute atomic E-state index is 14.0. The fourth-order valence-electron chi connectivity index (χ4n) is 3.67. The van der Waals surface area contributed by atoms with E-state index in [1.807, 2.05) is 26.8 Å². The van der Waals surface area contributed by atoms with Gasteiger partial charge in [-0.1, -0.05) is 6.07 Å². The minimum Gasteiger partial charge on any atom is -0.369 e. The van der Waals surface area contributed by atoms with E-state index >= 15 is 0 Å². The van der Waals surface area contributed by atoms with E-state index < -0.39 is 5.82 Å². The van der Waals surface area contributed by atoms with Gasteiger partial charge in [-0.3, -0.25) is 4.79 Å². The van der Waals surface area contributed by atoms with Crippen molar-refractivity contribution in [1.82, 2.24) is 15.0 Å². The van der Waals surface area contributed by atoms with Crippen LogP contribution in [0.25, 0.3) is 11.2 Å². The van der Waals surface area contributed by atoms with Gasteiger partial charge in [0, 0.05) is 13.1 Å². The Morgan fingerprint density at radius 2 is 1.97 bits per heavy atom. The number of hydrogen-bond acceptors (Lipinski definition) is 5. The normalized spacial score (nSPS) is 16.8. The molecule has 1 aliphatic heterocycles. The molecular weight excluding hydrogens is 369 g/mol. The van der Waals surface area contributed by atoms with Gasteiger partial charge in [0.2, 0.25) is 5.91 Å². The van der Waals surface area contributed by atoms with Gasteiger partial charge in [-0.25, -0.2) is 19.3 Å². The Labute approximate surface area is 169 Å². The topological polar surface area (TPSA) is 71.0 Å². The summed E-state index contributed by atoms with van der Waals surface area (Å²) in [6.07, 6.45) is 3.44. The van der Waals surface area contributed by atoms with Crippen LogP contribution < -0.4 is 10.2 Å². The lowest BCUT2D eigenvalue weighted by Crippen LogP contribution is -2.41. The molecule has 0 unspecified atom stereocenters. The number of pyridine rings is 1. The number of hydrogen-bond donors (Lipinski definition) is 1. The minimum absolute atomic E-state index is 0.154. The van der Waals surface area contributed by atoms with E-state index in [0.29, 0.717) is 12.2 Å². The number of amides is 1.